The van der Waals surface area contributed by atoms with E-state index in [0.717, 1.165) is 27.7 Å². The normalized spacial score (nSPS) is 11.4. The second kappa shape index (κ2) is 3.77. The zero-order valence-corrected chi connectivity index (χ0v) is 10.7. The molecule has 20 heavy (non-hydrogen) atoms. The van der Waals surface area contributed by atoms with Crippen molar-refractivity contribution in [3.63, 3.8) is 0 Å². The number of H-pyrrole nitrogens is 1. The summed E-state index contributed by atoms with van der Waals surface area (Å²) in [5.41, 5.74) is 9.04. The molecule has 7 nitrogen and oxygen atoms in total. The molecule has 0 saturated heterocycles. The molecule has 0 unspecified atom stereocenters. The molecular formula is C13H11N7. The molecule has 3 N–H and O–H groups in total. The fourth-order valence-electron chi connectivity index (χ4n) is 2.43. The monoisotopic (exact) mass is 265 g/mol. The third-order valence-electron chi connectivity index (χ3n) is 3.35. The average Bonchev–Trinajstić information content (AvgIpc) is 3.05. The molecule has 0 fully saturated rings. The lowest BCUT2D eigenvalue weighted by atomic mass is 10.1. The second-order valence-corrected chi connectivity index (χ2v) is 4.59. The minimum Gasteiger partial charge on any atom is -0.368 e. The van der Waals surface area contributed by atoms with Gasteiger partial charge in [-0.05, 0) is 12.1 Å². The lowest BCUT2D eigenvalue weighted by molar-refractivity contribution is 0.948. The average molecular weight is 265 g/mol. The highest BCUT2D eigenvalue weighted by atomic mass is 15.2. The van der Waals surface area contributed by atoms with Crippen LogP contribution in [-0.4, -0.2) is 29.7 Å². The molecule has 98 valence electrons. The Hall–Kier alpha value is -2.96. The van der Waals surface area contributed by atoms with Crippen molar-refractivity contribution in [2.45, 2.75) is 0 Å². The number of fused-ring (bicyclic) bond motifs is 2. The number of nitrogens with zero attached hydrogens (tertiary/aromatic N) is 5. The summed E-state index contributed by atoms with van der Waals surface area (Å²) >= 11 is 0. The van der Waals surface area contributed by atoms with Crippen molar-refractivity contribution in [2.75, 3.05) is 5.73 Å². The highest BCUT2D eigenvalue weighted by molar-refractivity contribution is 6.00. The van der Waals surface area contributed by atoms with Crippen LogP contribution in [0.25, 0.3) is 33.3 Å². The van der Waals surface area contributed by atoms with Gasteiger partial charge in [0.2, 0.25) is 5.95 Å². The number of aromatic amines is 1. The van der Waals surface area contributed by atoms with Crippen molar-refractivity contribution < 1.29 is 0 Å². The smallest absolute Gasteiger partial charge is 0.222 e. The summed E-state index contributed by atoms with van der Waals surface area (Å²) in [6.45, 7) is 0. The summed E-state index contributed by atoms with van der Waals surface area (Å²) in [7, 11) is 1.96. The first kappa shape index (κ1) is 10.9. The van der Waals surface area contributed by atoms with Crippen LogP contribution in [0.5, 0.6) is 0 Å². The van der Waals surface area contributed by atoms with Gasteiger partial charge in [0.25, 0.3) is 0 Å². The van der Waals surface area contributed by atoms with Crippen molar-refractivity contribution in [2.24, 2.45) is 7.05 Å². The highest BCUT2D eigenvalue weighted by Crippen LogP contribution is 2.31. The number of nitrogen functional groups attached to an aromatic ring is 1. The predicted octanol–water partition coefficient (Wildman–Crippen LogP) is 1.49. The number of aromatic nitrogens is 6. The highest BCUT2D eigenvalue weighted by Gasteiger charge is 2.14. The summed E-state index contributed by atoms with van der Waals surface area (Å²) in [5.74, 6) is 0.220. The molecule has 0 radical (unpaired) electrons. The Kier molecular flexibility index (Phi) is 2.06. The van der Waals surface area contributed by atoms with Crippen LogP contribution in [0.1, 0.15) is 0 Å². The molecule has 0 aromatic carbocycles. The molecule has 0 amide bonds. The van der Waals surface area contributed by atoms with Crippen molar-refractivity contribution in [3.05, 3.63) is 30.7 Å². The maximum absolute atomic E-state index is 5.78. The van der Waals surface area contributed by atoms with Gasteiger partial charge in [0, 0.05) is 30.4 Å². The Bertz CT molecular complexity index is 934. The van der Waals surface area contributed by atoms with E-state index in [1.54, 1.807) is 12.4 Å². The Morgan fingerprint density at radius 1 is 1.20 bits per heavy atom. The van der Waals surface area contributed by atoms with Gasteiger partial charge in [0.15, 0.2) is 5.65 Å². The Morgan fingerprint density at radius 3 is 3.00 bits per heavy atom. The van der Waals surface area contributed by atoms with Crippen LogP contribution in [0.2, 0.25) is 0 Å². The van der Waals surface area contributed by atoms with Gasteiger partial charge in [0.1, 0.15) is 5.65 Å². The molecule has 4 aromatic rings. The molecule has 0 aliphatic carbocycles. The minimum absolute atomic E-state index is 0.220. The van der Waals surface area contributed by atoms with Gasteiger partial charge in [0.05, 0.1) is 17.3 Å². The summed E-state index contributed by atoms with van der Waals surface area (Å²) in [4.78, 5) is 12.9. The number of anilines is 1. The third kappa shape index (κ3) is 1.40. The van der Waals surface area contributed by atoms with E-state index in [2.05, 4.69) is 25.1 Å². The van der Waals surface area contributed by atoms with Crippen LogP contribution < -0.4 is 5.73 Å². The third-order valence-corrected chi connectivity index (χ3v) is 3.35. The first-order valence-electron chi connectivity index (χ1n) is 6.11. The van der Waals surface area contributed by atoms with Crippen LogP contribution in [0.15, 0.2) is 30.7 Å². The number of nitrogens with one attached hydrogen (secondary N) is 1. The van der Waals surface area contributed by atoms with Gasteiger partial charge in [-0.15, -0.1) is 0 Å². The SMILES string of the molecule is Cn1ccc2c(-c3nc(N)nc4[nH]ncc34)ccnc21. The maximum atomic E-state index is 5.78. The molecule has 4 heterocycles. The van der Waals surface area contributed by atoms with Crippen LogP contribution >= 0.6 is 0 Å². The Morgan fingerprint density at radius 2 is 2.10 bits per heavy atom. The van der Waals surface area contributed by atoms with Gasteiger partial charge in [-0.1, -0.05) is 0 Å². The van der Waals surface area contributed by atoms with Crippen molar-refractivity contribution >= 4 is 28.0 Å². The van der Waals surface area contributed by atoms with Crippen molar-refractivity contribution in [1.82, 2.24) is 29.7 Å². The molecule has 0 saturated carbocycles. The Balaban J connectivity index is 2.13. The Labute approximate surface area is 113 Å². The van der Waals surface area contributed by atoms with Crippen LogP contribution in [0.3, 0.4) is 0 Å². The first-order valence-corrected chi connectivity index (χ1v) is 6.11. The summed E-state index contributed by atoms with van der Waals surface area (Å²) in [6, 6.07) is 3.94. The largest absolute Gasteiger partial charge is 0.368 e. The molecule has 7 heteroatoms. The van der Waals surface area contributed by atoms with E-state index in [9.17, 15) is 0 Å². The maximum Gasteiger partial charge on any atom is 0.222 e. The molecule has 0 atom stereocenters. The van der Waals surface area contributed by atoms with E-state index in [0.29, 0.717) is 5.65 Å². The van der Waals surface area contributed by atoms with Crippen molar-refractivity contribution in [3.8, 4) is 11.3 Å². The van der Waals surface area contributed by atoms with Gasteiger partial charge in [-0.3, -0.25) is 5.10 Å². The molecule has 0 aliphatic rings. The number of aryl methyl sites for hydroxylation is 1. The zero-order chi connectivity index (χ0) is 13.7. The molecule has 4 aromatic heterocycles. The lowest BCUT2D eigenvalue weighted by Gasteiger charge is -2.05. The van der Waals surface area contributed by atoms with E-state index < -0.39 is 0 Å². The second-order valence-electron chi connectivity index (χ2n) is 4.59. The number of hydrogen-bond donors (Lipinski definition) is 2. The van der Waals surface area contributed by atoms with Gasteiger partial charge < -0.3 is 10.3 Å². The van der Waals surface area contributed by atoms with Gasteiger partial charge >= 0.3 is 0 Å². The molecule has 0 spiro atoms. The number of rotatable bonds is 1. The van der Waals surface area contributed by atoms with E-state index in [-0.39, 0.29) is 5.95 Å². The van der Waals surface area contributed by atoms with Crippen LogP contribution in [0, 0.1) is 0 Å². The van der Waals surface area contributed by atoms with E-state index >= 15 is 0 Å². The zero-order valence-electron chi connectivity index (χ0n) is 10.7. The standard InChI is InChI=1S/C13H11N7/c1-20-5-3-8-7(2-4-15-12(8)20)10-9-6-16-19-11(9)18-13(14)17-10/h2-6H,1H3,(H3,14,16,17,18,19). The summed E-state index contributed by atoms with van der Waals surface area (Å²) in [5, 5.41) is 8.70. The van der Waals surface area contributed by atoms with Gasteiger partial charge in [-0.2, -0.15) is 10.1 Å². The number of hydrogen-bond acceptors (Lipinski definition) is 5. The number of nitrogens with two attached hydrogens (primary N) is 1. The summed E-state index contributed by atoms with van der Waals surface area (Å²) < 4.78 is 1.97. The van der Waals surface area contributed by atoms with Crippen LogP contribution in [0.4, 0.5) is 5.95 Å². The summed E-state index contributed by atoms with van der Waals surface area (Å²) in [6.07, 6.45) is 5.44. The topological polar surface area (TPSA) is 98.3 Å². The first-order chi connectivity index (χ1) is 9.74. The predicted molar refractivity (Wildman–Crippen MR) is 75.8 cm³/mol. The van der Waals surface area contributed by atoms with Crippen molar-refractivity contribution in [1.29, 1.82) is 0 Å². The minimum atomic E-state index is 0.220. The van der Waals surface area contributed by atoms with E-state index in [1.165, 1.54) is 0 Å². The number of pyridine rings is 1. The quantitative estimate of drug-likeness (QED) is 0.543. The fraction of sp³-hybridized carbons (Fsp3) is 0.0769. The lowest BCUT2D eigenvalue weighted by Crippen LogP contribution is -1.98. The molecule has 0 aliphatic heterocycles. The molecular weight excluding hydrogens is 254 g/mol. The molecule has 0 bridgehead atoms. The van der Waals surface area contributed by atoms with E-state index in [4.69, 9.17) is 5.73 Å². The van der Waals surface area contributed by atoms with E-state index in [1.807, 2.05) is 29.9 Å². The molecule has 4 rings (SSSR count). The van der Waals surface area contributed by atoms with Crippen LogP contribution in [-0.2, 0) is 7.05 Å². The fourth-order valence-corrected chi connectivity index (χ4v) is 2.43. The van der Waals surface area contributed by atoms with Gasteiger partial charge in [-0.25, -0.2) is 9.97 Å².